The van der Waals surface area contributed by atoms with Crippen LogP contribution in [-0.2, 0) is 4.74 Å². The lowest BCUT2D eigenvalue weighted by atomic mass is 10.4. The number of hydrogen-bond acceptors (Lipinski definition) is 1. The maximum absolute atomic E-state index is 4.68. The van der Waals surface area contributed by atoms with Gasteiger partial charge in [0.15, 0.2) is 0 Å². The zero-order chi connectivity index (χ0) is 4.24. The van der Waals surface area contributed by atoms with Crippen LogP contribution in [0.15, 0.2) is 11.8 Å². The number of hydrogen-bond donors (Lipinski definition) is 0. The molecule has 0 unspecified atom stereocenters. The van der Waals surface area contributed by atoms with Crippen LogP contribution in [0, 0.1) is 6.26 Å². The van der Waals surface area contributed by atoms with Crippen LogP contribution in [0.4, 0.5) is 0 Å². The standard InChI is InChI=1S/C5H5O/c1-2-4-6-5-3-1/h1H,2,4H2. The molecule has 0 N–H and O–H groups in total. The molecule has 0 atom stereocenters. The van der Waals surface area contributed by atoms with E-state index in [0.717, 1.165) is 13.0 Å². The summed E-state index contributed by atoms with van der Waals surface area (Å²) in [7, 11) is 0. The van der Waals surface area contributed by atoms with Crippen LogP contribution in [0.2, 0.25) is 0 Å². The normalized spacial score (nSPS) is 17.3. The van der Waals surface area contributed by atoms with Crippen LogP contribution in [0.5, 0.6) is 0 Å². The molecule has 0 saturated heterocycles. The van der Waals surface area contributed by atoms with E-state index in [1.165, 1.54) is 0 Å². The Kier molecular flexibility index (Phi) is 0.984. The maximum atomic E-state index is 4.68. The molecule has 1 heteroatoms. The van der Waals surface area contributed by atoms with Crippen molar-refractivity contribution >= 4 is 0 Å². The van der Waals surface area contributed by atoms with Crippen molar-refractivity contribution in [2.45, 2.75) is 6.42 Å². The average molecular weight is 81.1 g/mol. The fraction of sp³-hybridized carbons (Fsp3) is 0.400. The second-order valence-electron chi connectivity index (χ2n) is 1.09. The van der Waals surface area contributed by atoms with Gasteiger partial charge < -0.3 is 4.74 Å². The predicted octanol–water partition coefficient (Wildman–Crippen LogP) is 0.879. The van der Waals surface area contributed by atoms with Gasteiger partial charge in [-0.15, -0.1) is 0 Å². The Morgan fingerprint density at radius 2 is 2.67 bits per heavy atom. The molecule has 1 nitrogen and oxygen atoms in total. The Labute approximate surface area is 36.9 Å². The molecule has 0 aromatic heterocycles. The highest BCUT2D eigenvalue weighted by atomic mass is 16.5. The van der Waals surface area contributed by atoms with Gasteiger partial charge in [0.25, 0.3) is 0 Å². The largest absolute Gasteiger partial charge is 0.482 e. The van der Waals surface area contributed by atoms with Crippen molar-refractivity contribution < 1.29 is 4.74 Å². The van der Waals surface area contributed by atoms with Crippen molar-refractivity contribution in [1.82, 2.24) is 0 Å². The fourth-order valence-electron chi connectivity index (χ4n) is 0.324. The Morgan fingerprint density at radius 1 is 1.67 bits per heavy atom. The van der Waals surface area contributed by atoms with Gasteiger partial charge in [0.2, 0.25) is 6.26 Å². The highest BCUT2D eigenvalue weighted by Crippen LogP contribution is 1.87. The molecule has 31 valence electrons. The van der Waals surface area contributed by atoms with E-state index in [1.807, 2.05) is 6.08 Å². The minimum Gasteiger partial charge on any atom is -0.482 e. The number of ether oxygens (including phenoxy) is 1. The molecule has 0 aliphatic carbocycles. The SMILES string of the molecule is [C]1=C=CCCO1. The first-order valence-corrected chi connectivity index (χ1v) is 1.94. The summed E-state index contributed by atoms with van der Waals surface area (Å²) in [5.41, 5.74) is 2.69. The molecule has 6 heavy (non-hydrogen) atoms. The highest BCUT2D eigenvalue weighted by Gasteiger charge is 1.81. The summed E-state index contributed by atoms with van der Waals surface area (Å²) in [5.74, 6) is 0. The van der Waals surface area contributed by atoms with E-state index < -0.39 is 0 Å². The zero-order valence-electron chi connectivity index (χ0n) is 3.40. The molecule has 1 aliphatic heterocycles. The third kappa shape index (κ3) is 0.631. The molecule has 0 aromatic carbocycles. The minimum absolute atomic E-state index is 0.771. The van der Waals surface area contributed by atoms with Crippen LogP contribution >= 0.6 is 0 Å². The average Bonchev–Trinajstić information content (AvgIpc) is 1.72. The van der Waals surface area contributed by atoms with E-state index in [0.29, 0.717) is 0 Å². The maximum Gasteiger partial charge on any atom is 0.213 e. The van der Waals surface area contributed by atoms with Crippen molar-refractivity contribution in [3.63, 3.8) is 0 Å². The lowest BCUT2D eigenvalue weighted by Gasteiger charge is -1.93. The Balaban J connectivity index is 2.53. The molecule has 0 spiro atoms. The van der Waals surface area contributed by atoms with E-state index in [4.69, 9.17) is 0 Å². The fourth-order valence-corrected chi connectivity index (χ4v) is 0.324. The zero-order valence-corrected chi connectivity index (χ0v) is 3.40. The van der Waals surface area contributed by atoms with E-state index in [-0.39, 0.29) is 0 Å². The van der Waals surface area contributed by atoms with Gasteiger partial charge in [0.05, 0.1) is 6.61 Å². The molecule has 0 bridgehead atoms. The van der Waals surface area contributed by atoms with E-state index in [9.17, 15) is 0 Å². The molecule has 0 fully saturated rings. The van der Waals surface area contributed by atoms with Gasteiger partial charge >= 0.3 is 0 Å². The molecule has 0 amide bonds. The highest BCUT2D eigenvalue weighted by molar-refractivity contribution is 4.78. The van der Waals surface area contributed by atoms with Crippen LogP contribution in [0.25, 0.3) is 0 Å². The first-order chi connectivity index (χ1) is 3.00. The summed E-state index contributed by atoms with van der Waals surface area (Å²) >= 11 is 0. The summed E-state index contributed by atoms with van der Waals surface area (Å²) in [5, 5.41) is 0. The number of rotatable bonds is 0. The van der Waals surface area contributed by atoms with Gasteiger partial charge in [-0.05, 0) is 6.08 Å². The molecule has 0 saturated carbocycles. The summed E-state index contributed by atoms with van der Waals surface area (Å²) < 4.78 is 4.68. The molecule has 1 heterocycles. The third-order valence-electron chi connectivity index (χ3n) is 0.597. The summed E-state index contributed by atoms with van der Waals surface area (Å²) in [6.45, 7) is 0.771. The van der Waals surface area contributed by atoms with E-state index in [2.05, 4.69) is 16.7 Å². The van der Waals surface area contributed by atoms with Crippen molar-refractivity contribution in [2.24, 2.45) is 0 Å². The molecule has 0 aromatic rings. The predicted molar refractivity (Wildman–Crippen MR) is 21.9 cm³/mol. The molecule has 1 aliphatic rings. The van der Waals surface area contributed by atoms with Crippen molar-refractivity contribution in [3.05, 3.63) is 18.1 Å². The summed E-state index contributed by atoms with van der Waals surface area (Å²) in [6, 6.07) is 0. The van der Waals surface area contributed by atoms with Crippen molar-refractivity contribution in [1.29, 1.82) is 0 Å². The summed E-state index contributed by atoms with van der Waals surface area (Å²) in [4.78, 5) is 0. The van der Waals surface area contributed by atoms with Gasteiger partial charge in [0, 0.05) is 6.42 Å². The second-order valence-corrected chi connectivity index (χ2v) is 1.09. The van der Waals surface area contributed by atoms with Crippen molar-refractivity contribution in [2.75, 3.05) is 6.61 Å². The van der Waals surface area contributed by atoms with Gasteiger partial charge in [-0.3, -0.25) is 0 Å². The Hall–Kier alpha value is -0.680. The molecule has 1 rings (SSSR count). The van der Waals surface area contributed by atoms with Crippen LogP contribution < -0.4 is 0 Å². The van der Waals surface area contributed by atoms with Crippen molar-refractivity contribution in [3.8, 4) is 0 Å². The first kappa shape index (κ1) is 3.51. The lowest BCUT2D eigenvalue weighted by molar-refractivity contribution is 0.229. The van der Waals surface area contributed by atoms with E-state index in [1.54, 1.807) is 0 Å². The van der Waals surface area contributed by atoms with Gasteiger partial charge in [-0.2, -0.15) is 0 Å². The van der Waals surface area contributed by atoms with Gasteiger partial charge in [0.1, 0.15) is 0 Å². The quantitative estimate of drug-likeness (QED) is 0.393. The van der Waals surface area contributed by atoms with Crippen LogP contribution in [0.1, 0.15) is 6.42 Å². The Morgan fingerprint density at radius 3 is 2.83 bits per heavy atom. The lowest BCUT2D eigenvalue weighted by Crippen LogP contribution is -1.86. The van der Waals surface area contributed by atoms with Crippen LogP contribution in [-0.4, -0.2) is 6.61 Å². The monoisotopic (exact) mass is 81.0 g/mol. The van der Waals surface area contributed by atoms with Gasteiger partial charge in [-0.25, -0.2) is 0 Å². The third-order valence-corrected chi connectivity index (χ3v) is 0.597. The molecule has 1 radical (unpaired) electrons. The molecular formula is C5H5O. The first-order valence-electron chi connectivity index (χ1n) is 1.94. The summed E-state index contributed by atoms with van der Waals surface area (Å²) in [6.07, 6.45) is 5.36. The van der Waals surface area contributed by atoms with Crippen LogP contribution in [0.3, 0.4) is 0 Å². The van der Waals surface area contributed by atoms with E-state index >= 15 is 0 Å². The topological polar surface area (TPSA) is 9.23 Å². The minimum atomic E-state index is 0.771. The van der Waals surface area contributed by atoms with Gasteiger partial charge in [-0.1, -0.05) is 5.73 Å². The smallest absolute Gasteiger partial charge is 0.213 e. The second kappa shape index (κ2) is 1.68. The molecular weight excluding hydrogens is 76.1 g/mol. The Bertz CT molecular complexity index is 80.1.